The van der Waals surface area contributed by atoms with E-state index in [2.05, 4.69) is 22.1 Å². The summed E-state index contributed by atoms with van der Waals surface area (Å²) in [5.41, 5.74) is 1.13. The van der Waals surface area contributed by atoms with Crippen molar-refractivity contribution < 1.29 is 9.90 Å². The Morgan fingerprint density at radius 3 is 2.79 bits per heavy atom. The summed E-state index contributed by atoms with van der Waals surface area (Å²) < 4.78 is 2.05. The number of nitrogens with zero attached hydrogens (tertiary/aromatic N) is 3. The number of β-amino-alcohol motifs (C(OH)–C–C–N with tert-alkyl or cyclic N) is 1. The number of carbonyl (C=O) groups excluding carboxylic acids is 1. The van der Waals surface area contributed by atoms with E-state index in [1.54, 1.807) is 0 Å². The third-order valence-electron chi connectivity index (χ3n) is 5.63. The number of aromatic nitrogens is 2. The molecule has 2 atom stereocenters. The molecule has 4 rings (SSSR count). The predicted molar refractivity (Wildman–Crippen MR) is 114 cm³/mol. The molecule has 2 aromatic heterocycles. The van der Waals surface area contributed by atoms with Crippen LogP contribution in [0.5, 0.6) is 0 Å². The van der Waals surface area contributed by atoms with E-state index in [1.807, 2.05) is 64.9 Å². The minimum absolute atomic E-state index is 0.141. The molecule has 3 heterocycles. The van der Waals surface area contributed by atoms with E-state index in [9.17, 15) is 9.90 Å². The number of imidazole rings is 1. The van der Waals surface area contributed by atoms with Gasteiger partial charge in [0.1, 0.15) is 0 Å². The van der Waals surface area contributed by atoms with Gasteiger partial charge in [-0.15, -0.1) is 11.3 Å². The lowest BCUT2D eigenvalue weighted by Crippen LogP contribution is -2.61. The highest BCUT2D eigenvalue weighted by Crippen LogP contribution is 2.34. The molecule has 1 aliphatic heterocycles. The summed E-state index contributed by atoms with van der Waals surface area (Å²) >= 11 is 1.41. The SMILES string of the molecule is CCn1cnc(CN2CC[C@@](NC(=O)c3cccs3)(c3ccccc3)[C@H](O)C2)c1. The van der Waals surface area contributed by atoms with E-state index in [4.69, 9.17) is 0 Å². The first-order valence-electron chi connectivity index (χ1n) is 9.93. The Balaban J connectivity index is 1.55. The number of piperidine rings is 1. The number of likely N-dealkylation sites (tertiary alicyclic amines) is 1. The number of amides is 1. The second kappa shape index (κ2) is 8.49. The highest BCUT2D eigenvalue weighted by molar-refractivity contribution is 7.12. The van der Waals surface area contributed by atoms with Gasteiger partial charge in [-0.2, -0.15) is 0 Å². The van der Waals surface area contributed by atoms with Crippen LogP contribution in [0, 0.1) is 0 Å². The van der Waals surface area contributed by atoms with Gasteiger partial charge in [-0.25, -0.2) is 4.98 Å². The van der Waals surface area contributed by atoms with E-state index < -0.39 is 11.6 Å². The van der Waals surface area contributed by atoms with Gasteiger partial charge < -0.3 is 15.0 Å². The molecule has 0 aliphatic carbocycles. The summed E-state index contributed by atoms with van der Waals surface area (Å²) in [4.78, 5) is 20.2. The molecule has 1 saturated heterocycles. The summed E-state index contributed by atoms with van der Waals surface area (Å²) in [5.74, 6) is -0.141. The maximum Gasteiger partial charge on any atom is 0.262 e. The van der Waals surface area contributed by atoms with Gasteiger partial charge in [0.25, 0.3) is 5.91 Å². The number of aliphatic hydroxyl groups is 1. The van der Waals surface area contributed by atoms with Crippen molar-refractivity contribution in [3.05, 3.63) is 76.5 Å². The van der Waals surface area contributed by atoms with Gasteiger partial charge in [0.2, 0.25) is 0 Å². The Morgan fingerprint density at radius 1 is 1.31 bits per heavy atom. The summed E-state index contributed by atoms with van der Waals surface area (Å²) in [7, 11) is 0. The van der Waals surface area contributed by atoms with Crippen molar-refractivity contribution in [3.8, 4) is 0 Å². The molecular weight excluding hydrogens is 384 g/mol. The van der Waals surface area contributed by atoms with Crippen LogP contribution in [-0.4, -0.2) is 44.7 Å². The number of aliphatic hydroxyl groups excluding tert-OH is 1. The molecular formula is C22H26N4O2S. The molecule has 1 aromatic carbocycles. The minimum atomic E-state index is -0.804. The molecule has 0 radical (unpaired) electrons. The van der Waals surface area contributed by atoms with E-state index in [-0.39, 0.29) is 5.91 Å². The third kappa shape index (κ3) is 4.12. The second-order valence-electron chi connectivity index (χ2n) is 7.47. The predicted octanol–water partition coefficient (Wildman–Crippen LogP) is 2.86. The normalized spacial score (nSPS) is 22.5. The van der Waals surface area contributed by atoms with Crippen molar-refractivity contribution in [1.82, 2.24) is 19.8 Å². The molecule has 1 fully saturated rings. The van der Waals surface area contributed by atoms with Gasteiger partial charge in [0.05, 0.1) is 28.5 Å². The van der Waals surface area contributed by atoms with Crippen LogP contribution in [0.3, 0.4) is 0 Å². The molecule has 6 nitrogen and oxygen atoms in total. The Hall–Kier alpha value is -2.48. The average Bonchev–Trinajstić information content (AvgIpc) is 3.43. The van der Waals surface area contributed by atoms with Crippen LogP contribution in [0.4, 0.5) is 0 Å². The van der Waals surface area contributed by atoms with Crippen LogP contribution in [0.2, 0.25) is 0 Å². The first-order valence-corrected chi connectivity index (χ1v) is 10.8. The largest absolute Gasteiger partial charge is 0.389 e. The van der Waals surface area contributed by atoms with Crippen molar-refractivity contribution in [2.75, 3.05) is 13.1 Å². The number of nitrogens with one attached hydrogen (secondary N) is 1. The van der Waals surface area contributed by atoms with Gasteiger partial charge in [-0.3, -0.25) is 9.69 Å². The topological polar surface area (TPSA) is 70.4 Å². The number of benzene rings is 1. The highest BCUT2D eigenvalue weighted by Gasteiger charge is 2.45. The summed E-state index contributed by atoms with van der Waals surface area (Å²) in [6, 6.07) is 13.5. The van der Waals surface area contributed by atoms with Gasteiger partial charge in [-0.1, -0.05) is 36.4 Å². The van der Waals surface area contributed by atoms with Gasteiger partial charge >= 0.3 is 0 Å². The van der Waals surface area contributed by atoms with Crippen molar-refractivity contribution >= 4 is 17.2 Å². The van der Waals surface area contributed by atoms with E-state index in [1.165, 1.54) is 11.3 Å². The molecule has 1 aliphatic rings. The van der Waals surface area contributed by atoms with Crippen LogP contribution < -0.4 is 5.32 Å². The van der Waals surface area contributed by atoms with Crippen LogP contribution >= 0.6 is 11.3 Å². The maximum atomic E-state index is 12.9. The fourth-order valence-electron chi connectivity index (χ4n) is 3.99. The van der Waals surface area contributed by atoms with E-state index in [0.29, 0.717) is 24.4 Å². The van der Waals surface area contributed by atoms with Gasteiger partial charge in [-0.05, 0) is 30.4 Å². The van der Waals surface area contributed by atoms with Crippen LogP contribution in [0.1, 0.15) is 34.3 Å². The number of aryl methyl sites for hydroxylation is 1. The van der Waals surface area contributed by atoms with Crippen molar-refractivity contribution in [2.24, 2.45) is 0 Å². The molecule has 0 bridgehead atoms. The highest BCUT2D eigenvalue weighted by atomic mass is 32.1. The fourth-order valence-corrected chi connectivity index (χ4v) is 4.61. The first-order chi connectivity index (χ1) is 14.1. The van der Waals surface area contributed by atoms with E-state index >= 15 is 0 Å². The van der Waals surface area contributed by atoms with Crippen LogP contribution in [-0.2, 0) is 18.6 Å². The average molecular weight is 411 g/mol. The second-order valence-corrected chi connectivity index (χ2v) is 8.41. The first kappa shape index (κ1) is 19.8. The maximum absolute atomic E-state index is 12.9. The molecule has 0 saturated carbocycles. The Labute approximate surface area is 174 Å². The smallest absolute Gasteiger partial charge is 0.262 e. The van der Waals surface area contributed by atoms with Crippen LogP contribution in [0.15, 0.2) is 60.4 Å². The fraction of sp³-hybridized carbons (Fsp3) is 0.364. The number of hydrogen-bond acceptors (Lipinski definition) is 5. The number of thiophene rings is 1. The quantitative estimate of drug-likeness (QED) is 0.656. The molecule has 1 amide bonds. The number of rotatable bonds is 6. The lowest BCUT2D eigenvalue weighted by Gasteiger charge is -2.46. The number of carbonyl (C=O) groups is 1. The Kier molecular flexibility index (Phi) is 5.80. The third-order valence-corrected chi connectivity index (χ3v) is 6.50. The molecule has 0 spiro atoms. The van der Waals surface area contributed by atoms with E-state index in [0.717, 1.165) is 24.3 Å². The Morgan fingerprint density at radius 2 is 2.14 bits per heavy atom. The standard InChI is InChI=1S/C22H26N4O2S/c1-2-25-13-18(23-16-25)14-26-11-10-22(20(27)15-26,17-7-4-3-5-8-17)24-21(28)19-9-6-12-29-19/h3-9,12-13,16,20,27H,2,10-11,14-15H2,1H3,(H,24,28)/t20-,22-/m1/s1. The zero-order valence-corrected chi connectivity index (χ0v) is 17.3. The summed E-state index contributed by atoms with van der Waals surface area (Å²) in [6.07, 6.45) is 3.79. The minimum Gasteiger partial charge on any atom is -0.389 e. The lowest BCUT2D eigenvalue weighted by atomic mass is 9.78. The van der Waals surface area contributed by atoms with Gasteiger partial charge in [0, 0.05) is 32.4 Å². The molecule has 0 unspecified atom stereocenters. The molecule has 152 valence electrons. The molecule has 3 aromatic rings. The lowest BCUT2D eigenvalue weighted by molar-refractivity contribution is -0.0183. The Bertz CT molecular complexity index is 941. The molecule has 29 heavy (non-hydrogen) atoms. The zero-order chi connectivity index (χ0) is 20.3. The number of hydrogen-bond donors (Lipinski definition) is 2. The van der Waals surface area contributed by atoms with Crippen molar-refractivity contribution in [2.45, 2.75) is 38.1 Å². The zero-order valence-electron chi connectivity index (χ0n) is 16.5. The van der Waals surface area contributed by atoms with Gasteiger partial charge in [0.15, 0.2) is 0 Å². The van der Waals surface area contributed by atoms with Crippen LogP contribution in [0.25, 0.3) is 0 Å². The molecule has 2 N–H and O–H groups in total. The molecule has 7 heteroatoms. The monoisotopic (exact) mass is 410 g/mol. The summed E-state index contributed by atoms with van der Waals surface area (Å²) in [5, 5.41) is 16.3. The van der Waals surface area contributed by atoms with Crippen molar-refractivity contribution in [1.29, 1.82) is 0 Å². The van der Waals surface area contributed by atoms with Crippen molar-refractivity contribution in [3.63, 3.8) is 0 Å². The summed E-state index contributed by atoms with van der Waals surface area (Å²) in [6.45, 7) is 4.89.